The number of amides is 1. The van der Waals surface area contributed by atoms with Crippen molar-refractivity contribution in [3.63, 3.8) is 0 Å². The minimum absolute atomic E-state index is 0.000368. The van der Waals surface area contributed by atoms with Gasteiger partial charge in [-0.3, -0.25) is 4.79 Å². The Kier molecular flexibility index (Phi) is 5.96. The van der Waals surface area contributed by atoms with E-state index >= 15 is 0 Å². The molecule has 0 bridgehead atoms. The van der Waals surface area contributed by atoms with E-state index in [4.69, 9.17) is 0 Å². The van der Waals surface area contributed by atoms with Gasteiger partial charge in [0.2, 0.25) is 5.91 Å². The zero-order chi connectivity index (χ0) is 17.6. The number of nitrogens with zero attached hydrogens (tertiary/aromatic N) is 2. The summed E-state index contributed by atoms with van der Waals surface area (Å²) < 4.78 is 0. The van der Waals surface area contributed by atoms with Crippen LogP contribution in [0.1, 0.15) is 16.8 Å². The second-order valence-corrected chi connectivity index (χ2v) is 7.93. The molecule has 0 aliphatic heterocycles. The summed E-state index contributed by atoms with van der Waals surface area (Å²) in [5.41, 5.74) is 3.20. The normalized spacial score (nSPS) is 11.0. The molecule has 0 radical (unpaired) electrons. The first-order valence-corrected chi connectivity index (χ1v) is 9.83. The van der Waals surface area contributed by atoms with Crippen molar-refractivity contribution in [2.24, 2.45) is 0 Å². The number of carbonyl (C=O) groups is 1. The van der Waals surface area contributed by atoms with E-state index in [1.54, 1.807) is 22.7 Å². The quantitative estimate of drug-likeness (QED) is 0.687. The first-order valence-electron chi connectivity index (χ1n) is 8.07. The van der Waals surface area contributed by atoms with Crippen molar-refractivity contribution in [1.29, 1.82) is 0 Å². The Morgan fingerprint density at radius 3 is 2.56 bits per heavy atom. The van der Waals surface area contributed by atoms with Crippen LogP contribution in [-0.4, -0.2) is 29.9 Å². The van der Waals surface area contributed by atoms with Crippen molar-refractivity contribution in [2.45, 2.75) is 19.5 Å². The van der Waals surface area contributed by atoms with Crippen molar-refractivity contribution in [3.05, 3.63) is 64.0 Å². The molecule has 2 aromatic heterocycles. The molecule has 0 aliphatic rings. The van der Waals surface area contributed by atoms with Crippen molar-refractivity contribution in [1.82, 2.24) is 15.2 Å². The average molecular weight is 372 g/mol. The van der Waals surface area contributed by atoms with Crippen molar-refractivity contribution >= 4 is 28.6 Å². The third-order valence-electron chi connectivity index (χ3n) is 3.64. The van der Waals surface area contributed by atoms with E-state index in [9.17, 15) is 4.79 Å². The molecule has 4 nitrogen and oxygen atoms in total. The minimum atomic E-state index is 0.000368. The van der Waals surface area contributed by atoms with Gasteiger partial charge in [-0.2, -0.15) is 0 Å². The molecule has 6 heteroatoms. The van der Waals surface area contributed by atoms with Crippen LogP contribution in [-0.2, 0) is 24.3 Å². The van der Waals surface area contributed by atoms with Crippen LogP contribution < -0.4 is 5.32 Å². The molecule has 1 amide bonds. The molecule has 130 valence electrons. The lowest BCUT2D eigenvalue weighted by Gasteiger charge is -2.10. The van der Waals surface area contributed by atoms with Crippen LogP contribution >= 0.6 is 22.7 Å². The van der Waals surface area contributed by atoms with Gasteiger partial charge >= 0.3 is 0 Å². The van der Waals surface area contributed by atoms with Gasteiger partial charge in [-0.1, -0.05) is 30.3 Å². The molecular weight excluding hydrogens is 350 g/mol. The topological polar surface area (TPSA) is 45.2 Å². The molecule has 1 aromatic carbocycles. The van der Waals surface area contributed by atoms with Gasteiger partial charge in [-0.15, -0.1) is 22.7 Å². The molecule has 0 atom stereocenters. The lowest BCUT2D eigenvalue weighted by Crippen LogP contribution is -2.24. The Bertz CT molecular complexity index is 808. The fourth-order valence-electron chi connectivity index (χ4n) is 2.46. The van der Waals surface area contributed by atoms with Crippen LogP contribution in [0.3, 0.4) is 0 Å². The third kappa shape index (κ3) is 5.22. The molecule has 25 heavy (non-hydrogen) atoms. The van der Waals surface area contributed by atoms with E-state index in [0.717, 1.165) is 27.7 Å². The number of benzene rings is 1. The molecule has 0 saturated heterocycles. The lowest BCUT2D eigenvalue weighted by atomic mass is 10.1. The van der Waals surface area contributed by atoms with Gasteiger partial charge in [-0.05, 0) is 36.7 Å². The Balaban J connectivity index is 1.49. The maximum absolute atomic E-state index is 12.1. The van der Waals surface area contributed by atoms with Gasteiger partial charge < -0.3 is 10.2 Å². The predicted octanol–water partition coefficient (Wildman–Crippen LogP) is 3.79. The fourth-order valence-corrected chi connectivity index (χ4v) is 4.09. The second-order valence-electron chi connectivity index (χ2n) is 6.13. The summed E-state index contributed by atoms with van der Waals surface area (Å²) in [6.07, 6.45) is 0.320. The predicted molar refractivity (Wildman–Crippen MR) is 105 cm³/mol. The van der Waals surface area contributed by atoms with Crippen LogP contribution in [0.4, 0.5) is 0 Å². The largest absolute Gasteiger partial charge is 0.352 e. The summed E-state index contributed by atoms with van der Waals surface area (Å²) in [6.45, 7) is 1.46. The lowest BCUT2D eigenvalue weighted by molar-refractivity contribution is -0.120. The van der Waals surface area contributed by atoms with Gasteiger partial charge in [0.15, 0.2) is 0 Å². The molecule has 0 aliphatic carbocycles. The number of thiophene rings is 1. The van der Waals surface area contributed by atoms with Crippen LogP contribution in [0.5, 0.6) is 0 Å². The SMILES string of the molecule is CN(C)Cc1ccc(CNC(=O)Cc2csc(-c3cccs3)n2)cc1. The van der Waals surface area contributed by atoms with E-state index in [-0.39, 0.29) is 5.91 Å². The van der Waals surface area contributed by atoms with Gasteiger partial charge in [0.1, 0.15) is 5.01 Å². The van der Waals surface area contributed by atoms with Crippen molar-refractivity contribution < 1.29 is 4.79 Å². The summed E-state index contributed by atoms with van der Waals surface area (Å²) in [7, 11) is 4.10. The summed E-state index contributed by atoms with van der Waals surface area (Å²) in [5.74, 6) is 0.000368. The van der Waals surface area contributed by atoms with Crippen molar-refractivity contribution in [2.75, 3.05) is 14.1 Å². The number of carbonyl (C=O) groups excluding carboxylic acids is 1. The highest BCUT2D eigenvalue weighted by atomic mass is 32.1. The molecule has 0 spiro atoms. The highest BCUT2D eigenvalue weighted by molar-refractivity contribution is 7.20. The molecule has 0 fully saturated rings. The minimum Gasteiger partial charge on any atom is -0.352 e. The van der Waals surface area contributed by atoms with Gasteiger partial charge in [0.05, 0.1) is 17.0 Å². The first-order chi connectivity index (χ1) is 12.1. The Labute approximate surface area is 156 Å². The molecule has 2 heterocycles. The number of thiazole rings is 1. The molecular formula is C19H21N3OS2. The Hall–Kier alpha value is -2.02. The standard InChI is InChI=1S/C19H21N3OS2/c1-22(2)12-15-7-5-14(6-8-15)11-20-18(23)10-16-13-25-19(21-16)17-4-3-9-24-17/h3-9,13H,10-12H2,1-2H3,(H,20,23). The van der Waals surface area contributed by atoms with E-state index in [0.29, 0.717) is 13.0 Å². The van der Waals surface area contributed by atoms with Crippen LogP contribution in [0.2, 0.25) is 0 Å². The van der Waals surface area contributed by atoms with E-state index < -0.39 is 0 Å². The number of rotatable bonds is 7. The number of hydrogen-bond acceptors (Lipinski definition) is 5. The van der Waals surface area contributed by atoms with Gasteiger partial charge in [-0.25, -0.2) is 4.98 Å². The molecule has 3 aromatic rings. The molecule has 0 unspecified atom stereocenters. The van der Waals surface area contributed by atoms with Gasteiger partial charge in [0.25, 0.3) is 0 Å². The summed E-state index contributed by atoms with van der Waals surface area (Å²) in [6, 6.07) is 12.4. The summed E-state index contributed by atoms with van der Waals surface area (Å²) in [4.78, 5) is 20.0. The third-order valence-corrected chi connectivity index (χ3v) is 5.57. The number of nitrogens with one attached hydrogen (secondary N) is 1. The Morgan fingerprint density at radius 1 is 1.12 bits per heavy atom. The fraction of sp³-hybridized carbons (Fsp3) is 0.263. The summed E-state index contributed by atoms with van der Waals surface area (Å²) in [5, 5.41) is 7.95. The highest BCUT2D eigenvalue weighted by Crippen LogP contribution is 2.27. The molecule has 0 saturated carbocycles. The molecule has 3 rings (SSSR count). The van der Waals surface area contributed by atoms with E-state index in [1.807, 2.05) is 22.9 Å². The van der Waals surface area contributed by atoms with Crippen LogP contribution in [0.25, 0.3) is 9.88 Å². The average Bonchev–Trinajstić information content (AvgIpc) is 3.25. The number of hydrogen-bond donors (Lipinski definition) is 1. The smallest absolute Gasteiger partial charge is 0.226 e. The zero-order valence-electron chi connectivity index (χ0n) is 14.4. The maximum atomic E-state index is 12.1. The first kappa shape index (κ1) is 17.8. The summed E-state index contributed by atoms with van der Waals surface area (Å²) >= 11 is 3.25. The maximum Gasteiger partial charge on any atom is 0.226 e. The highest BCUT2D eigenvalue weighted by Gasteiger charge is 2.09. The van der Waals surface area contributed by atoms with E-state index in [1.165, 1.54) is 5.56 Å². The molecule has 1 N–H and O–H groups in total. The van der Waals surface area contributed by atoms with Crippen LogP contribution in [0, 0.1) is 0 Å². The van der Waals surface area contributed by atoms with Crippen LogP contribution in [0.15, 0.2) is 47.2 Å². The van der Waals surface area contributed by atoms with E-state index in [2.05, 4.69) is 53.6 Å². The zero-order valence-corrected chi connectivity index (χ0v) is 16.0. The van der Waals surface area contributed by atoms with Gasteiger partial charge in [0, 0.05) is 18.5 Å². The second kappa shape index (κ2) is 8.38. The monoisotopic (exact) mass is 371 g/mol. The Morgan fingerprint density at radius 2 is 1.88 bits per heavy atom. The number of aromatic nitrogens is 1. The van der Waals surface area contributed by atoms with Crippen molar-refractivity contribution in [3.8, 4) is 9.88 Å².